The van der Waals surface area contributed by atoms with E-state index >= 15 is 0 Å². The summed E-state index contributed by atoms with van der Waals surface area (Å²) in [5.41, 5.74) is 7.28. The predicted octanol–water partition coefficient (Wildman–Crippen LogP) is 2.93. The molecule has 0 aliphatic carbocycles. The Bertz CT molecular complexity index is 1350. The number of H-pyrrole nitrogens is 1. The molecule has 2 heterocycles. The van der Waals surface area contributed by atoms with Gasteiger partial charge in [-0.3, -0.25) is 14.6 Å². The molecule has 0 spiro atoms. The molecular weight excluding hydrogens is 406 g/mol. The molecule has 0 saturated carbocycles. The summed E-state index contributed by atoms with van der Waals surface area (Å²) in [6, 6.07) is 21.2. The minimum absolute atomic E-state index is 0.238. The van der Waals surface area contributed by atoms with Gasteiger partial charge in [-0.2, -0.15) is 0 Å². The Labute approximate surface area is 183 Å². The normalized spacial score (nSPS) is 17.6. The van der Waals surface area contributed by atoms with Gasteiger partial charge in [-0.15, -0.1) is 0 Å². The molecule has 3 aromatic carbocycles. The number of carbonyl (C=O) groups is 2. The fourth-order valence-electron chi connectivity index (χ4n) is 4.15. The van der Waals surface area contributed by atoms with Gasteiger partial charge in [0.1, 0.15) is 0 Å². The number of nitrogens with two attached hydrogens (primary N) is 1. The average Bonchev–Trinajstić information content (AvgIpc) is 3.33. The van der Waals surface area contributed by atoms with E-state index in [0.29, 0.717) is 33.7 Å². The summed E-state index contributed by atoms with van der Waals surface area (Å²) in [6.45, 7) is 0.238. The van der Waals surface area contributed by atoms with E-state index in [1.165, 1.54) is 16.8 Å². The first-order valence-corrected chi connectivity index (χ1v) is 10.1. The highest BCUT2D eigenvalue weighted by molar-refractivity contribution is 6.00. The zero-order chi connectivity index (χ0) is 22.5. The largest absolute Gasteiger partial charge is 0.363 e. The summed E-state index contributed by atoms with van der Waals surface area (Å²) in [7, 11) is 1.52. The number of aliphatic hydroxyl groups is 1. The molecule has 4 N–H and O–H groups in total. The molecule has 0 bridgehead atoms. The number of carbonyl (C=O) groups excluding carboxylic acids is 2. The Kier molecular flexibility index (Phi) is 4.45. The standard InChI is InChI=1S/C24H21N5O3/c1-28(22(25)31)23-26-19-12-11-16(13-20(19)27-23)24(32)18-10-6-5-9-17(18)21(30)29(24)14-15-7-3-2-4-8-15/h2-13,32H,14H2,1H3,(H2,25,31)(H,26,27). The third-order valence-corrected chi connectivity index (χ3v) is 5.87. The van der Waals surface area contributed by atoms with Gasteiger partial charge < -0.3 is 15.8 Å². The molecule has 0 fully saturated rings. The number of imidazole rings is 1. The zero-order valence-corrected chi connectivity index (χ0v) is 17.3. The van der Waals surface area contributed by atoms with E-state index < -0.39 is 11.8 Å². The number of amides is 3. The Balaban J connectivity index is 1.65. The van der Waals surface area contributed by atoms with Crippen molar-refractivity contribution in [2.45, 2.75) is 12.3 Å². The number of nitrogens with zero attached hydrogens (tertiary/aromatic N) is 3. The quantitative estimate of drug-likeness (QED) is 0.464. The summed E-state index contributed by atoms with van der Waals surface area (Å²) in [4.78, 5) is 34.9. The first kappa shape index (κ1) is 19.8. The predicted molar refractivity (Wildman–Crippen MR) is 120 cm³/mol. The molecule has 0 saturated heterocycles. The van der Waals surface area contributed by atoms with Gasteiger partial charge in [0.2, 0.25) is 5.95 Å². The van der Waals surface area contributed by atoms with Crippen molar-refractivity contribution in [1.29, 1.82) is 0 Å². The van der Waals surface area contributed by atoms with E-state index in [0.717, 1.165) is 5.56 Å². The van der Waals surface area contributed by atoms with Crippen LogP contribution in [-0.2, 0) is 12.3 Å². The smallest absolute Gasteiger partial charge is 0.321 e. The summed E-state index contributed by atoms with van der Waals surface area (Å²) >= 11 is 0. The van der Waals surface area contributed by atoms with Crippen LogP contribution in [0.4, 0.5) is 10.7 Å². The monoisotopic (exact) mass is 427 g/mol. The van der Waals surface area contributed by atoms with Gasteiger partial charge in [-0.05, 0) is 23.8 Å². The van der Waals surface area contributed by atoms with Gasteiger partial charge in [0.05, 0.1) is 11.0 Å². The van der Waals surface area contributed by atoms with Crippen molar-refractivity contribution in [3.8, 4) is 0 Å². The van der Waals surface area contributed by atoms with Crippen molar-refractivity contribution >= 4 is 28.9 Å². The van der Waals surface area contributed by atoms with Crippen molar-refractivity contribution in [3.63, 3.8) is 0 Å². The van der Waals surface area contributed by atoms with Crippen molar-refractivity contribution in [2.24, 2.45) is 5.73 Å². The fraction of sp³-hybridized carbons (Fsp3) is 0.125. The Morgan fingerprint density at radius 1 is 1.12 bits per heavy atom. The van der Waals surface area contributed by atoms with Gasteiger partial charge in [-0.25, -0.2) is 9.78 Å². The first-order valence-electron chi connectivity index (χ1n) is 10.1. The van der Waals surface area contributed by atoms with Crippen LogP contribution in [0.2, 0.25) is 0 Å². The highest BCUT2D eigenvalue weighted by Crippen LogP contribution is 2.43. The molecule has 1 aliphatic heterocycles. The molecule has 8 nitrogen and oxygen atoms in total. The average molecular weight is 427 g/mol. The second-order valence-electron chi connectivity index (χ2n) is 7.78. The molecule has 8 heteroatoms. The van der Waals surface area contributed by atoms with Crippen molar-refractivity contribution in [3.05, 3.63) is 95.1 Å². The van der Waals surface area contributed by atoms with Crippen LogP contribution in [-0.4, -0.2) is 39.0 Å². The van der Waals surface area contributed by atoms with Crippen LogP contribution >= 0.6 is 0 Å². The Hall–Kier alpha value is -4.17. The molecule has 5 rings (SSSR count). The number of urea groups is 1. The molecule has 0 radical (unpaired) electrons. The zero-order valence-electron chi connectivity index (χ0n) is 17.3. The van der Waals surface area contributed by atoms with Gasteiger partial charge in [0.15, 0.2) is 5.72 Å². The number of rotatable bonds is 4. The third kappa shape index (κ3) is 2.92. The van der Waals surface area contributed by atoms with Gasteiger partial charge in [0.25, 0.3) is 5.91 Å². The minimum atomic E-state index is -1.67. The minimum Gasteiger partial charge on any atom is -0.363 e. The number of benzene rings is 3. The summed E-state index contributed by atoms with van der Waals surface area (Å²) in [6.07, 6.45) is 0. The SMILES string of the molecule is CN(C(N)=O)c1nc2ccc(C3(O)c4ccccc4C(=O)N3Cc3ccccc3)cc2[nH]1. The number of nitrogens with one attached hydrogen (secondary N) is 1. The van der Waals surface area contributed by atoms with Crippen LogP contribution in [0.1, 0.15) is 27.0 Å². The number of hydrogen-bond acceptors (Lipinski definition) is 4. The molecule has 4 aromatic rings. The number of aromatic nitrogens is 2. The van der Waals surface area contributed by atoms with Gasteiger partial charge in [0, 0.05) is 30.3 Å². The molecule has 1 unspecified atom stereocenters. The summed E-state index contributed by atoms with van der Waals surface area (Å²) < 4.78 is 0. The molecular formula is C24H21N5O3. The van der Waals surface area contributed by atoms with E-state index in [1.54, 1.807) is 42.5 Å². The fourth-order valence-corrected chi connectivity index (χ4v) is 4.15. The van der Waals surface area contributed by atoms with E-state index in [1.807, 2.05) is 30.3 Å². The second-order valence-corrected chi connectivity index (χ2v) is 7.78. The molecule has 1 aromatic heterocycles. The lowest BCUT2D eigenvalue weighted by atomic mass is 9.93. The van der Waals surface area contributed by atoms with Crippen LogP contribution < -0.4 is 10.6 Å². The molecule has 3 amide bonds. The maximum absolute atomic E-state index is 13.3. The van der Waals surface area contributed by atoms with E-state index in [9.17, 15) is 14.7 Å². The second kappa shape index (κ2) is 7.21. The van der Waals surface area contributed by atoms with Crippen LogP contribution in [0.15, 0.2) is 72.8 Å². The third-order valence-electron chi connectivity index (χ3n) is 5.87. The van der Waals surface area contributed by atoms with Crippen LogP contribution in [0.3, 0.4) is 0 Å². The molecule has 160 valence electrons. The lowest BCUT2D eigenvalue weighted by molar-refractivity contribution is -0.0542. The highest BCUT2D eigenvalue weighted by atomic mass is 16.3. The summed E-state index contributed by atoms with van der Waals surface area (Å²) in [5.74, 6) is 0.0477. The van der Waals surface area contributed by atoms with E-state index in [4.69, 9.17) is 5.73 Å². The number of primary amides is 1. The first-order chi connectivity index (χ1) is 15.4. The molecule has 1 atom stereocenters. The van der Waals surface area contributed by atoms with Crippen molar-refractivity contribution < 1.29 is 14.7 Å². The van der Waals surface area contributed by atoms with E-state index in [-0.39, 0.29) is 12.5 Å². The number of anilines is 1. The molecule has 1 aliphatic rings. The maximum Gasteiger partial charge on any atom is 0.321 e. The highest BCUT2D eigenvalue weighted by Gasteiger charge is 2.49. The van der Waals surface area contributed by atoms with Crippen LogP contribution in [0.5, 0.6) is 0 Å². The van der Waals surface area contributed by atoms with Gasteiger partial charge >= 0.3 is 6.03 Å². The number of hydrogen-bond donors (Lipinski definition) is 3. The van der Waals surface area contributed by atoms with Crippen molar-refractivity contribution in [1.82, 2.24) is 14.9 Å². The number of fused-ring (bicyclic) bond motifs is 2. The van der Waals surface area contributed by atoms with Crippen molar-refractivity contribution in [2.75, 3.05) is 11.9 Å². The van der Waals surface area contributed by atoms with Crippen LogP contribution in [0, 0.1) is 0 Å². The Morgan fingerprint density at radius 2 is 1.84 bits per heavy atom. The van der Waals surface area contributed by atoms with Crippen LogP contribution in [0.25, 0.3) is 11.0 Å². The topological polar surface area (TPSA) is 116 Å². The molecule has 32 heavy (non-hydrogen) atoms. The Morgan fingerprint density at radius 3 is 2.59 bits per heavy atom. The van der Waals surface area contributed by atoms with E-state index in [2.05, 4.69) is 9.97 Å². The lowest BCUT2D eigenvalue weighted by Gasteiger charge is -2.35. The maximum atomic E-state index is 13.3. The van der Waals surface area contributed by atoms with Gasteiger partial charge in [-0.1, -0.05) is 54.6 Å². The lowest BCUT2D eigenvalue weighted by Crippen LogP contribution is -2.44. The summed E-state index contributed by atoms with van der Waals surface area (Å²) in [5, 5.41) is 12.1. The number of aromatic amines is 1.